The van der Waals surface area contributed by atoms with Crippen molar-refractivity contribution in [3.63, 3.8) is 0 Å². The van der Waals surface area contributed by atoms with Gasteiger partial charge in [-0.2, -0.15) is 0 Å². The quantitative estimate of drug-likeness (QED) is 0.868. The molecule has 0 unspecified atom stereocenters. The van der Waals surface area contributed by atoms with E-state index in [-0.39, 0.29) is 23.9 Å². The maximum Gasteiger partial charge on any atom is 0.251 e. The van der Waals surface area contributed by atoms with Crippen LogP contribution in [0.1, 0.15) is 29.6 Å². The summed E-state index contributed by atoms with van der Waals surface area (Å²) in [7, 11) is 0. The van der Waals surface area contributed by atoms with E-state index in [0.717, 1.165) is 34.5 Å². The highest BCUT2D eigenvalue weighted by molar-refractivity contribution is 9.10. The van der Waals surface area contributed by atoms with E-state index in [1.807, 2.05) is 36.4 Å². The molecule has 21 heavy (non-hydrogen) atoms. The molecule has 3 nitrogen and oxygen atoms in total. The number of nitrogens with two attached hydrogens (primary N) is 1. The summed E-state index contributed by atoms with van der Waals surface area (Å²) in [5.41, 5.74) is 6.62. The van der Waals surface area contributed by atoms with Gasteiger partial charge in [0.2, 0.25) is 0 Å². The highest BCUT2D eigenvalue weighted by atomic mass is 79.9. The van der Waals surface area contributed by atoms with Crippen molar-refractivity contribution in [2.75, 3.05) is 6.54 Å². The first kappa shape index (κ1) is 16.3. The molecule has 0 spiro atoms. The first-order valence-corrected chi connectivity index (χ1v) is 7.62. The zero-order valence-corrected chi connectivity index (χ0v) is 14.0. The van der Waals surface area contributed by atoms with E-state index in [1.54, 1.807) is 0 Å². The van der Waals surface area contributed by atoms with E-state index in [0.29, 0.717) is 12.1 Å². The number of benzene rings is 2. The number of carbonyl (C=O) groups excluding carboxylic acids is 1. The van der Waals surface area contributed by atoms with Crippen LogP contribution in [-0.4, -0.2) is 18.0 Å². The zero-order valence-electron chi connectivity index (χ0n) is 11.6. The molecule has 112 valence electrons. The van der Waals surface area contributed by atoms with Crippen molar-refractivity contribution in [2.24, 2.45) is 5.73 Å². The van der Waals surface area contributed by atoms with Crippen molar-refractivity contribution >= 4 is 45.0 Å². The maximum atomic E-state index is 12.2. The molecule has 5 heteroatoms. The number of fused-ring (bicyclic) bond motifs is 1. The van der Waals surface area contributed by atoms with Gasteiger partial charge in [-0.05, 0) is 54.3 Å². The third kappa shape index (κ3) is 3.57. The molecule has 1 saturated carbocycles. The Hall–Kier alpha value is -1.10. The summed E-state index contributed by atoms with van der Waals surface area (Å²) in [5, 5.41) is 5.12. The lowest BCUT2D eigenvalue weighted by Gasteiger charge is -2.38. The minimum absolute atomic E-state index is 0. The Morgan fingerprint density at radius 1 is 1.19 bits per heavy atom. The molecule has 0 saturated heterocycles. The fourth-order valence-corrected chi connectivity index (χ4v) is 2.90. The van der Waals surface area contributed by atoms with Crippen LogP contribution >= 0.6 is 28.3 Å². The highest BCUT2D eigenvalue weighted by Gasteiger charge is 2.32. The second-order valence-corrected chi connectivity index (χ2v) is 6.52. The molecule has 1 aliphatic rings. The van der Waals surface area contributed by atoms with Gasteiger partial charge in [0.25, 0.3) is 5.91 Å². The van der Waals surface area contributed by atoms with Gasteiger partial charge in [0, 0.05) is 22.1 Å². The van der Waals surface area contributed by atoms with Crippen LogP contribution < -0.4 is 11.1 Å². The lowest BCUT2D eigenvalue weighted by atomic mass is 9.78. The van der Waals surface area contributed by atoms with Crippen molar-refractivity contribution < 1.29 is 4.79 Å². The van der Waals surface area contributed by atoms with E-state index in [4.69, 9.17) is 5.73 Å². The van der Waals surface area contributed by atoms with Crippen LogP contribution in [0.5, 0.6) is 0 Å². The molecule has 3 rings (SSSR count). The molecule has 2 aromatic carbocycles. The standard InChI is InChI=1S/C16H17BrN2O.ClH/c17-14-5-4-11-8-13(3-2-12(11)9-14)15(20)19-10-16(18)6-1-7-16;/h2-5,8-9H,1,6-7,10,18H2,(H,19,20);1H. The third-order valence-electron chi connectivity index (χ3n) is 4.01. The van der Waals surface area contributed by atoms with E-state index < -0.39 is 0 Å². The Morgan fingerprint density at radius 2 is 1.86 bits per heavy atom. The molecule has 0 atom stereocenters. The second-order valence-electron chi connectivity index (χ2n) is 5.60. The zero-order chi connectivity index (χ0) is 14.2. The van der Waals surface area contributed by atoms with Crippen LogP contribution in [0, 0.1) is 0 Å². The smallest absolute Gasteiger partial charge is 0.251 e. The van der Waals surface area contributed by atoms with Crippen molar-refractivity contribution in [1.82, 2.24) is 5.32 Å². The molecule has 1 fully saturated rings. The number of hydrogen-bond acceptors (Lipinski definition) is 2. The molecule has 0 radical (unpaired) electrons. The summed E-state index contributed by atoms with van der Waals surface area (Å²) in [6.45, 7) is 0.560. The van der Waals surface area contributed by atoms with Gasteiger partial charge < -0.3 is 11.1 Å². The maximum absolute atomic E-state index is 12.2. The molecule has 0 bridgehead atoms. The monoisotopic (exact) mass is 368 g/mol. The average Bonchev–Trinajstić information content (AvgIpc) is 2.42. The van der Waals surface area contributed by atoms with Gasteiger partial charge >= 0.3 is 0 Å². The highest BCUT2D eigenvalue weighted by Crippen LogP contribution is 2.28. The Balaban J connectivity index is 0.00000161. The largest absolute Gasteiger partial charge is 0.350 e. The van der Waals surface area contributed by atoms with Crippen molar-refractivity contribution in [1.29, 1.82) is 0 Å². The number of carbonyl (C=O) groups is 1. The van der Waals surface area contributed by atoms with Crippen LogP contribution in [-0.2, 0) is 0 Å². The molecule has 2 aromatic rings. The topological polar surface area (TPSA) is 55.1 Å². The predicted octanol–water partition coefficient (Wildman–Crippen LogP) is 3.64. The number of halogens is 2. The van der Waals surface area contributed by atoms with Crippen LogP contribution in [0.4, 0.5) is 0 Å². The van der Waals surface area contributed by atoms with Crippen LogP contribution in [0.15, 0.2) is 40.9 Å². The van der Waals surface area contributed by atoms with E-state index in [9.17, 15) is 4.79 Å². The fraction of sp³-hybridized carbons (Fsp3) is 0.312. The summed E-state index contributed by atoms with van der Waals surface area (Å²) >= 11 is 3.45. The Morgan fingerprint density at radius 3 is 2.52 bits per heavy atom. The van der Waals surface area contributed by atoms with Gasteiger partial charge in [-0.15, -0.1) is 12.4 Å². The minimum Gasteiger partial charge on any atom is -0.350 e. The number of rotatable bonds is 3. The minimum atomic E-state index is -0.183. The van der Waals surface area contributed by atoms with Crippen molar-refractivity contribution in [3.05, 3.63) is 46.4 Å². The van der Waals surface area contributed by atoms with Gasteiger partial charge in [0.15, 0.2) is 0 Å². The van der Waals surface area contributed by atoms with Gasteiger partial charge in [-0.1, -0.05) is 28.1 Å². The summed E-state index contributed by atoms with van der Waals surface area (Å²) < 4.78 is 1.04. The summed E-state index contributed by atoms with van der Waals surface area (Å²) in [6, 6.07) is 11.8. The Kier molecular flexibility index (Phi) is 4.91. The molecule has 3 N–H and O–H groups in total. The molecule has 0 aliphatic heterocycles. The summed E-state index contributed by atoms with van der Waals surface area (Å²) in [4.78, 5) is 12.2. The van der Waals surface area contributed by atoms with Gasteiger partial charge in [-0.3, -0.25) is 4.79 Å². The Bertz CT molecular complexity index is 670. The van der Waals surface area contributed by atoms with Gasteiger partial charge in [0.05, 0.1) is 0 Å². The number of hydrogen-bond donors (Lipinski definition) is 2. The number of nitrogens with one attached hydrogen (secondary N) is 1. The van der Waals surface area contributed by atoms with Crippen LogP contribution in [0.25, 0.3) is 10.8 Å². The van der Waals surface area contributed by atoms with Crippen molar-refractivity contribution in [3.8, 4) is 0 Å². The van der Waals surface area contributed by atoms with E-state index in [2.05, 4.69) is 21.2 Å². The first-order valence-electron chi connectivity index (χ1n) is 6.82. The van der Waals surface area contributed by atoms with Crippen LogP contribution in [0.2, 0.25) is 0 Å². The number of amides is 1. The summed E-state index contributed by atoms with van der Waals surface area (Å²) in [5.74, 6) is -0.0495. The lowest BCUT2D eigenvalue weighted by Crippen LogP contribution is -2.54. The Labute approximate surface area is 138 Å². The van der Waals surface area contributed by atoms with E-state index in [1.165, 1.54) is 0 Å². The average molecular weight is 370 g/mol. The molecule has 1 aliphatic carbocycles. The SMILES string of the molecule is Cl.NC1(CNC(=O)c2ccc3cc(Br)ccc3c2)CCC1. The predicted molar refractivity (Wildman–Crippen MR) is 92.0 cm³/mol. The molecular weight excluding hydrogens is 352 g/mol. The van der Waals surface area contributed by atoms with Gasteiger partial charge in [-0.25, -0.2) is 0 Å². The third-order valence-corrected chi connectivity index (χ3v) is 4.51. The summed E-state index contributed by atoms with van der Waals surface area (Å²) in [6.07, 6.45) is 3.16. The second kappa shape index (κ2) is 6.34. The molecular formula is C16H18BrClN2O. The normalized spacial score (nSPS) is 15.9. The van der Waals surface area contributed by atoms with Gasteiger partial charge in [0.1, 0.15) is 0 Å². The lowest BCUT2D eigenvalue weighted by molar-refractivity contribution is 0.0930. The fourth-order valence-electron chi connectivity index (χ4n) is 2.52. The van der Waals surface area contributed by atoms with Crippen LogP contribution in [0.3, 0.4) is 0 Å². The molecule has 0 aromatic heterocycles. The van der Waals surface area contributed by atoms with E-state index >= 15 is 0 Å². The molecule has 1 amide bonds. The molecule has 0 heterocycles. The first-order chi connectivity index (χ1) is 9.56. The van der Waals surface area contributed by atoms with Crippen molar-refractivity contribution in [2.45, 2.75) is 24.8 Å².